The van der Waals surface area contributed by atoms with Crippen LogP contribution in [0.3, 0.4) is 0 Å². The first kappa shape index (κ1) is 17.0. The topological polar surface area (TPSA) is 29.1 Å². The fraction of sp³-hybridized carbons (Fsp3) is 0.480. The van der Waals surface area contributed by atoms with Crippen molar-refractivity contribution in [3.05, 3.63) is 65.7 Å². The second-order valence-corrected chi connectivity index (χ2v) is 9.31. The zero-order chi connectivity index (χ0) is 18.3. The molecule has 4 aliphatic carbocycles. The number of anilines is 1. The summed E-state index contributed by atoms with van der Waals surface area (Å²) in [6.07, 6.45) is 9.93. The minimum atomic E-state index is 0.0985. The molecule has 0 saturated heterocycles. The molecule has 4 fully saturated rings. The van der Waals surface area contributed by atoms with Crippen molar-refractivity contribution in [3.8, 4) is 0 Å². The summed E-state index contributed by atoms with van der Waals surface area (Å²) < 4.78 is 0. The molecule has 0 atom stereocenters. The lowest BCUT2D eigenvalue weighted by molar-refractivity contribution is -0.116. The Bertz CT molecular complexity index is 773. The number of nitrogens with one attached hydrogen (secondary N) is 1. The maximum absolute atomic E-state index is 12.3. The Morgan fingerprint density at radius 2 is 1.44 bits per heavy atom. The number of aryl methyl sites for hydroxylation is 1. The van der Waals surface area contributed by atoms with E-state index in [-0.39, 0.29) is 5.91 Å². The van der Waals surface area contributed by atoms with Crippen molar-refractivity contribution >= 4 is 11.6 Å². The van der Waals surface area contributed by atoms with E-state index in [0.717, 1.165) is 29.9 Å². The molecule has 2 aromatic carbocycles. The first-order valence-electron chi connectivity index (χ1n) is 10.6. The molecule has 0 aromatic heterocycles. The molecule has 1 amide bonds. The Balaban J connectivity index is 1.22. The van der Waals surface area contributed by atoms with Crippen molar-refractivity contribution < 1.29 is 4.79 Å². The van der Waals surface area contributed by atoms with Gasteiger partial charge in [0.1, 0.15) is 0 Å². The molecule has 4 saturated carbocycles. The zero-order valence-electron chi connectivity index (χ0n) is 16.0. The van der Waals surface area contributed by atoms with Crippen molar-refractivity contribution in [2.75, 3.05) is 5.32 Å². The quantitative estimate of drug-likeness (QED) is 0.726. The first-order valence-corrected chi connectivity index (χ1v) is 10.6. The summed E-state index contributed by atoms with van der Waals surface area (Å²) in [4.78, 5) is 12.3. The molecule has 1 N–H and O–H groups in total. The van der Waals surface area contributed by atoms with Crippen LogP contribution in [0.1, 0.15) is 56.1 Å². The third-order valence-electron chi connectivity index (χ3n) is 7.30. The van der Waals surface area contributed by atoms with Crippen molar-refractivity contribution in [1.82, 2.24) is 0 Å². The second-order valence-electron chi connectivity index (χ2n) is 9.31. The molecule has 4 aliphatic rings. The van der Waals surface area contributed by atoms with Gasteiger partial charge >= 0.3 is 0 Å². The van der Waals surface area contributed by atoms with Crippen LogP contribution >= 0.6 is 0 Å². The number of carbonyl (C=O) groups excluding carboxylic acids is 1. The SMILES string of the molecule is O=C(CCc1ccccc1)Nc1ccc(C23CC4CC(CC(C4)C2)C3)cc1. The van der Waals surface area contributed by atoms with E-state index in [1.165, 1.54) is 49.7 Å². The van der Waals surface area contributed by atoms with E-state index in [4.69, 9.17) is 0 Å². The molecule has 0 heterocycles. The van der Waals surface area contributed by atoms with Crippen LogP contribution in [0.25, 0.3) is 0 Å². The third-order valence-corrected chi connectivity index (χ3v) is 7.30. The minimum absolute atomic E-state index is 0.0985. The van der Waals surface area contributed by atoms with Gasteiger partial charge in [0.15, 0.2) is 0 Å². The molecule has 0 unspecified atom stereocenters. The normalized spacial score (nSPS) is 31.0. The van der Waals surface area contributed by atoms with Gasteiger partial charge in [0.2, 0.25) is 5.91 Å². The Kier molecular flexibility index (Phi) is 4.30. The standard InChI is InChI=1S/C25H29NO/c27-24(11-6-18-4-2-1-3-5-18)26-23-9-7-22(8-10-23)25-15-19-12-20(16-25)14-21(13-19)17-25/h1-5,7-10,19-21H,6,11-17H2,(H,26,27). The van der Waals surface area contributed by atoms with Crippen LogP contribution in [-0.2, 0) is 16.6 Å². The molecule has 4 bridgehead atoms. The maximum Gasteiger partial charge on any atom is 0.224 e. The number of rotatable bonds is 5. The predicted octanol–water partition coefficient (Wildman–Crippen LogP) is 5.73. The molecular formula is C25H29NO. The highest BCUT2D eigenvalue weighted by Crippen LogP contribution is 2.60. The van der Waals surface area contributed by atoms with E-state index >= 15 is 0 Å². The van der Waals surface area contributed by atoms with Crippen LogP contribution in [-0.4, -0.2) is 5.91 Å². The van der Waals surface area contributed by atoms with E-state index in [1.54, 1.807) is 0 Å². The molecule has 6 rings (SSSR count). The van der Waals surface area contributed by atoms with Crippen molar-refractivity contribution in [3.63, 3.8) is 0 Å². The summed E-state index contributed by atoms with van der Waals surface area (Å²) in [5.41, 5.74) is 4.10. The predicted molar refractivity (Wildman–Crippen MR) is 110 cm³/mol. The van der Waals surface area contributed by atoms with Crippen LogP contribution < -0.4 is 5.32 Å². The molecule has 0 radical (unpaired) electrons. The number of hydrogen-bond donors (Lipinski definition) is 1. The highest BCUT2D eigenvalue weighted by molar-refractivity contribution is 5.90. The van der Waals surface area contributed by atoms with Gasteiger partial charge in [0.25, 0.3) is 0 Å². The molecular weight excluding hydrogens is 330 g/mol. The molecule has 140 valence electrons. The zero-order valence-corrected chi connectivity index (χ0v) is 16.0. The van der Waals surface area contributed by atoms with Crippen molar-refractivity contribution in [1.29, 1.82) is 0 Å². The lowest BCUT2D eigenvalue weighted by Gasteiger charge is -2.57. The van der Waals surface area contributed by atoms with E-state index in [0.29, 0.717) is 11.8 Å². The monoisotopic (exact) mass is 359 g/mol. The molecule has 0 spiro atoms. The first-order chi connectivity index (χ1) is 13.2. The minimum Gasteiger partial charge on any atom is -0.326 e. The largest absolute Gasteiger partial charge is 0.326 e. The number of amides is 1. The Labute approximate surface area is 162 Å². The fourth-order valence-electron chi connectivity index (χ4n) is 6.50. The molecule has 2 heteroatoms. The summed E-state index contributed by atoms with van der Waals surface area (Å²) in [7, 11) is 0. The van der Waals surface area contributed by atoms with Crippen molar-refractivity contribution in [2.45, 2.75) is 56.8 Å². The Hall–Kier alpha value is -2.09. The van der Waals surface area contributed by atoms with Crippen LogP contribution in [0.15, 0.2) is 54.6 Å². The van der Waals surface area contributed by atoms with Gasteiger partial charge in [-0.1, -0.05) is 42.5 Å². The Morgan fingerprint density at radius 1 is 0.852 bits per heavy atom. The molecule has 2 aromatic rings. The molecule has 0 aliphatic heterocycles. The highest BCUT2D eigenvalue weighted by atomic mass is 16.1. The maximum atomic E-state index is 12.3. The van der Waals surface area contributed by atoms with Gasteiger partial charge in [-0.15, -0.1) is 0 Å². The summed E-state index contributed by atoms with van der Waals surface area (Å²) in [6, 6.07) is 19.0. The fourth-order valence-corrected chi connectivity index (χ4v) is 6.50. The number of hydrogen-bond acceptors (Lipinski definition) is 1. The summed E-state index contributed by atoms with van der Waals surface area (Å²) in [5.74, 6) is 3.00. The highest BCUT2D eigenvalue weighted by Gasteiger charge is 2.51. The molecule has 2 nitrogen and oxygen atoms in total. The second kappa shape index (κ2) is 6.82. The lowest BCUT2D eigenvalue weighted by atomic mass is 9.48. The smallest absolute Gasteiger partial charge is 0.224 e. The van der Waals surface area contributed by atoms with Crippen LogP contribution in [0.2, 0.25) is 0 Å². The lowest BCUT2D eigenvalue weighted by Crippen LogP contribution is -2.48. The van der Waals surface area contributed by atoms with Gasteiger partial charge in [-0.05, 0) is 91.4 Å². The van der Waals surface area contributed by atoms with E-state index in [1.807, 2.05) is 18.2 Å². The van der Waals surface area contributed by atoms with Crippen molar-refractivity contribution in [2.24, 2.45) is 17.8 Å². The average molecular weight is 360 g/mol. The van der Waals surface area contributed by atoms with Gasteiger partial charge in [0.05, 0.1) is 0 Å². The van der Waals surface area contributed by atoms with Gasteiger partial charge < -0.3 is 5.32 Å². The summed E-state index contributed by atoms with van der Waals surface area (Å²) in [6.45, 7) is 0. The van der Waals surface area contributed by atoms with E-state index < -0.39 is 0 Å². The van der Waals surface area contributed by atoms with Gasteiger partial charge in [-0.3, -0.25) is 4.79 Å². The summed E-state index contributed by atoms with van der Waals surface area (Å²) in [5, 5.41) is 3.07. The van der Waals surface area contributed by atoms with E-state index in [9.17, 15) is 4.79 Å². The van der Waals surface area contributed by atoms with Crippen LogP contribution in [0.5, 0.6) is 0 Å². The average Bonchev–Trinajstić information content (AvgIpc) is 2.67. The van der Waals surface area contributed by atoms with Crippen LogP contribution in [0.4, 0.5) is 5.69 Å². The molecule has 27 heavy (non-hydrogen) atoms. The van der Waals surface area contributed by atoms with Gasteiger partial charge in [0, 0.05) is 12.1 Å². The van der Waals surface area contributed by atoms with Gasteiger partial charge in [-0.25, -0.2) is 0 Å². The summed E-state index contributed by atoms with van der Waals surface area (Å²) >= 11 is 0. The van der Waals surface area contributed by atoms with Gasteiger partial charge in [-0.2, -0.15) is 0 Å². The Morgan fingerprint density at radius 3 is 2.04 bits per heavy atom. The van der Waals surface area contributed by atoms with E-state index in [2.05, 4.69) is 41.7 Å². The number of carbonyl (C=O) groups is 1. The third kappa shape index (κ3) is 3.42. The van der Waals surface area contributed by atoms with Crippen LogP contribution in [0, 0.1) is 17.8 Å². The number of benzene rings is 2.